The molecule has 1 aliphatic heterocycles. The van der Waals surface area contributed by atoms with Crippen molar-refractivity contribution < 1.29 is 22.7 Å². The van der Waals surface area contributed by atoms with Crippen LogP contribution in [0, 0.1) is 0 Å². The average Bonchev–Trinajstić information content (AvgIpc) is 3.04. The first-order valence-corrected chi connectivity index (χ1v) is 11.6. The number of nitrogens with one attached hydrogen (secondary N) is 1. The van der Waals surface area contributed by atoms with E-state index in [4.69, 9.17) is 9.47 Å². The van der Waals surface area contributed by atoms with Crippen LogP contribution in [0.25, 0.3) is 0 Å². The number of carbonyl (C=O) groups is 1. The van der Waals surface area contributed by atoms with Crippen molar-refractivity contribution in [1.82, 2.24) is 4.31 Å². The molecule has 1 saturated heterocycles. The van der Waals surface area contributed by atoms with Gasteiger partial charge in [0, 0.05) is 18.8 Å². The third-order valence-electron chi connectivity index (χ3n) is 5.07. The zero-order valence-corrected chi connectivity index (χ0v) is 18.2. The fourth-order valence-corrected chi connectivity index (χ4v) is 4.86. The lowest BCUT2D eigenvalue weighted by Crippen LogP contribution is -2.32. The summed E-state index contributed by atoms with van der Waals surface area (Å²) in [5.41, 5.74) is 0.505. The van der Waals surface area contributed by atoms with Gasteiger partial charge in [-0.2, -0.15) is 4.31 Å². The molecule has 0 radical (unpaired) electrons. The molecule has 0 unspecified atom stereocenters. The molecule has 0 bridgehead atoms. The summed E-state index contributed by atoms with van der Waals surface area (Å²) in [7, 11) is -1.98. The van der Waals surface area contributed by atoms with E-state index in [2.05, 4.69) is 5.32 Å². The van der Waals surface area contributed by atoms with Gasteiger partial charge in [0.15, 0.2) is 17.6 Å². The molecule has 1 heterocycles. The van der Waals surface area contributed by atoms with Crippen molar-refractivity contribution in [3.63, 3.8) is 0 Å². The minimum absolute atomic E-state index is 0.237. The molecule has 0 saturated carbocycles. The highest BCUT2D eigenvalue weighted by Crippen LogP contribution is 2.27. The number of nitrogens with zero attached hydrogens (tertiary/aromatic N) is 1. The second kappa shape index (κ2) is 9.95. The molecule has 1 N–H and O–H groups in total. The van der Waals surface area contributed by atoms with Crippen LogP contribution < -0.4 is 14.8 Å². The molecule has 2 aromatic rings. The van der Waals surface area contributed by atoms with Crippen molar-refractivity contribution in [3.8, 4) is 11.5 Å². The van der Waals surface area contributed by atoms with E-state index in [-0.39, 0.29) is 10.8 Å². The molecule has 1 amide bonds. The molecule has 3 rings (SSSR count). The molecular weight excluding hydrogens is 404 g/mol. The summed E-state index contributed by atoms with van der Waals surface area (Å²) in [4.78, 5) is 12.7. The number of hydrogen-bond acceptors (Lipinski definition) is 5. The molecule has 30 heavy (non-hydrogen) atoms. The summed E-state index contributed by atoms with van der Waals surface area (Å²) < 4.78 is 38.2. The van der Waals surface area contributed by atoms with Crippen LogP contribution in [0.3, 0.4) is 0 Å². The number of sulfonamides is 1. The number of benzene rings is 2. The SMILES string of the molecule is COc1ccccc1O[C@H](C)C(=O)Nc1ccc(S(=O)(=O)N2CCCCCC2)cc1. The minimum Gasteiger partial charge on any atom is -0.493 e. The summed E-state index contributed by atoms with van der Waals surface area (Å²) >= 11 is 0. The van der Waals surface area contributed by atoms with Crippen LogP contribution in [0.2, 0.25) is 0 Å². The molecule has 1 atom stereocenters. The van der Waals surface area contributed by atoms with Crippen LogP contribution in [-0.4, -0.2) is 44.9 Å². The highest BCUT2D eigenvalue weighted by molar-refractivity contribution is 7.89. The Morgan fingerprint density at radius 2 is 1.57 bits per heavy atom. The van der Waals surface area contributed by atoms with Gasteiger partial charge in [-0.3, -0.25) is 4.79 Å². The maximum absolute atomic E-state index is 12.9. The molecule has 8 heteroatoms. The molecule has 0 aliphatic carbocycles. The van der Waals surface area contributed by atoms with Gasteiger partial charge in [0.2, 0.25) is 10.0 Å². The van der Waals surface area contributed by atoms with E-state index >= 15 is 0 Å². The Balaban J connectivity index is 1.64. The summed E-state index contributed by atoms with van der Waals surface area (Å²) in [6.07, 6.45) is 3.13. The number of methoxy groups -OCH3 is 1. The predicted octanol–water partition coefficient (Wildman–Crippen LogP) is 3.67. The number of hydrogen-bond donors (Lipinski definition) is 1. The molecule has 1 aliphatic rings. The minimum atomic E-state index is -3.51. The van der Waals surface area contributed by atoms with Gasteiger partial charge in [-0.1, -0.05) is 25.0 Å². The highest BCUT2D eigenvalue weighted by Gasteiger charge is 2.25. The van der Waals surface area contributed by atoms with Crippen molar-refractivity contribution in [2.45, 2.75) is 43.6 Å². The van der Waals surface area contributed by atoms with Crippen molar-refractivity contribution in [1.29, 1.82) is 0 Å². The maximum Gasteiger partial charge on any atom is 0.265 e. The van der Waals surface area contributed by atoms with Gasteiger partial charge in [0.25, 0.3) is 5.91 Å². The van der Waals surface area contributed by atoms with Crippen molar-refractivity contribution in [2.24, 2.45) is 0 Å². The second-order valence-electron chi connectivity index (χ2n) is 7.24. The number of anilines is 1. The van der Waals surface area contributed by atoms with E-state index < -0.39 is 16.1 Å². The van der Waals surface area contributed by atoms with Crippen LogP contribution in [-0.2, 0) is 14.8 Å². The first-order valence-electron chi connectivity index (χ1n) is 10.1. The number of para-hydroxylation sites is 2. The predicted molar refractivity (Wildman–Crippen MR) is 115 cm³/mol. The third-order valence-corrected chi connectivity index (χ3v) is 6.98. The molecule has 2 aromatic carbocycles. The van der Waals surface area contributed by atoms with Crippen LogP contribution in [0.4, 0.5) is 5.69 Å². The summed E-state index contributed by atoms with van der Waals surface area (Å²) in [5, 5.41) is 2.75. The maximum atomic E-state index is 12.9. The quantitative estimate of drug-likeness (QED) is 0.722. The van der Waals surface area contributed by atoms with E-state index in [0.717, 1.165) is 25.7 Å². The topological polar surface area (TPSA) is 84.9 Å². The largest absolute Gasteiger partial charge is 0.493 e. The zero-order chi connectivity index (χ0) is 21.6. The Morgan fingerprint density at radius 1 is 0.967 bits per heavy atom. The fraction of sp³-hybridized carbons (Fsp3) is 0.409. The van der Waals surface area contributed by atoms with E-state index in [1.165, 1.54) is 19.2 Å². The smallest absolute Gasteiger partial charge is 0.265 e. The average molecular weight is 433 g/mol. The molecule has 1 fully saturated rings. The summed E-state index contributed by atoms with van der Waals surface area (Å²) in [6, 6.07) is 13.3. The summed E-state index contributed by atoms with van der Waals surface area (Å²) in [5.74, 6) is 0.672. The van der Waals surface area contributed by atoms with Gasteiger partial charge in [-0.15, -0.1) is 0 Å². The molecule has 7 nitrogen and oxygen atoms in total. The van der Waals surface area contributed by atoms with Gasteiger partial charge in [0.05, 0.1) is 12.0 Å². The third kappa shape index (κ3) is 5.31. The van der Waals surface area contributed by atoms with Crippen LogP contribution >= 0.6 is 0 Å². The van der Waals surface area contributed by atoms with Gasteiger partial charge in [0.1, 0.15) is 0 Å². The Bertz CT molecular complexity index is 952. The van der Waals surface area contributed by atoms with E-state index in [1.807, 2.05) is 6.07 Å². The normalized spacial score (nSPS) is 16.3. The number of rotatable bonds is 7. The van der Waals surface area contributed by atoms with E-state index in [1.54, 1.807) is 41.6 Å². The number of amides is 1. The van der Waals surface area contributed by atoms with Crippen LogP contribution in [0.5, 0.6) is 11.5 Å². The van der Waals surface area contributed by atoms with Gasteiger partial charge in [-0.25, -0.2) is 8.42 Å². The van der Waals surface area contributed by atoms with E-state index in [9.17, 15) is 13.2 Å². The fourth-order valence-electron chi connectivity index (χ4n) is 3.35. The van der Waals surface area contributed by atoms with Crippen molar-refractivity contribution in [2.75, 3.05) is 25.5 Å². The second-order valence-corrected chi connectivity index (χ2v) is 9.18. The lowest BCUT2D eigenvalue weighted by molar-refractivity contribution is -0.122. The van der Waals surface area contributed by atoms with Crippen LogP contribution in [0.1, 0.15) is 32.6 Å². The number of carbonyl (C=O) groups excluding carboxylic acids is 1. The molecule has 162 valence electrons. The Kier molecular flexibility index (Phi) is 7.33. The Labute approximate surface area is 178 Å². The Hall–Kier alpha value is -2.58. The molecular formula is C22H28N2O5S. The monoisotopic (exact) mass is 432 g/mol. The first kappa shape index (κ1) is 22.1. The summed E-state index contributed by atoms with van der Waals surface area (Å²) in [6.45, 7) is 2.75. The van der Waals surface area contributed by atoms with Gasteiger partial charge in [-0.05, 0) is 56.2 Å². The van der Waals surface area contributed by atoms with Crippen molar-refractivity contribution >= 4 is 21.6 Å². The molecule has 0 aromatic heterocycles. The van der Waals surface area contributed by atoms with Crippen molar-refractivity contribution in [3.05, 3.63) is 48.5 Å². The molecule has 0 spiro atoms. The van der Waals surface area contributed by atoms with E-state index in [0.29, 0.717) is 30.3 Å². The van der Waals surface area contributed by atoms with Gasteiger partial charge >= 0.3 is 0 Å². The first-order chi connectivity index (χ1) is 14.4. The lowest BCUT2D eigenvalue weighted by atomic mass is 10.2. The Morgan fingerprint density at radius 3 is 2.17 bits per heavy atom. The highest BCUT2D eigenvalue weighted by atomic mass is 32.2. The standard InChI is InChI=1S/C22H28N2O5S/c1-17(29-21-10-6-5-9-20(21)28-2)22(25)23-18-11-13-19(14-12-18)30(26,27)24-15-7-3-4-8-16-24/h5-6,9-14,17H,3-4,7-8,15-16H2,1-2H3,(H,23,25)/t17-/m1/s1. The zero-order valence-electron chi connectivity index (χ0n) is 17.3. The van der Waals surface area contributed by atoms with Crippen LogP contribution in [0.15, 0.2) is 53.4 Å². The lowest BCUT2D eigenvalue weighted by Gasteiger charge is -2.20. The number of ether oxygens (including phenoxy) is 2. The van der Waals surface area contributed by atoms with Gasteiger partial charge < -0.3 is 14.8 Å².